The van der Waals surface area contributed by atoms with Crippen LogP contribution in [0.4, 0.5) is 4.39 Å². The molecule has 0 unspecified atom stereocenters. The van der Waals surface area contributed by atoms with E-state index in [0.717, 1.165) is 6.42 Å². The van der Waals surface area contributed by atoms with E-state index in [0.29, 0.717) is 22.4 Å². The molecule has 5 nitrogen and oxygen atoms in total. The fourth-order valence-electron chi connectivity index (χ4n) is 1.76. The van der Waals surface area contributed by atoms with Crippen molar-refractivity contribution in [3.8, 4) is 6.07 Å². The number of halogens is 1. The van der Waals surface area contributed by atoms with E-state index in [1.165, 1.54) is 17.8 Å². The van der Waals surface area contributed by atoms with Crippen molar-refractivity contribution in [3.05, 3.63) is 35.4 Å². The van der Waals surface area contributed by atoms with Crippen molar-refractivity contribution in [2.75, 3.05) is 0 Å². The highest BCUT2D eigenvalue weighted by Crippen LogP contribution is 2.30. The van der Waals surface area contributed by atoms with Gasteiger partial charge in [0.15, 0.2) is 11.0 Å². The van der Waals surface area contributed by atoms with Gasteiger partial charge in [0.05, 0.1) is 0 Å². The van der Waals surface area contributed by atoms with Gasteiger partial charge in [0.1, 0.15) is 24.1 Å². The summed E-state index contributed by atoms with van der Waals surface area (Å²) < 4.78 is 15.3. The Kier molecular flexibility index (Phi) is 4.71. The second kappa shape index (κ2) is 6.50. The van der Waals surface area contributed by atoms with Crippen molar-refractivity contribution in [1.82, 2.24) is 14.8 Å². The molecule has 0 atom stereocenters. The summed E-state index contributed by atoms with van der Waals surface area (Å²) in [5.41, 5.74) is -0.00547. The average molecular weight is 292 g/mol. The van der Waals surface area contributed by atoms with Crippen LogP contribution in [0.5, 0.6) is 0 Å². The van der Waals surface area contributed by atoms with Gasteiger partial charge in [-0.3, -0.25) is 0 Å². The molecule has 0 spiro atoms. The van der Waals surface area contributed by atoms with Gasteiger partial charge in [-0.2, -0.15) is 5.26 Å². The standard InChI is InChI=1S/C13H13FN4OS/c1-2-6-18-12(8-19)16-17-13(18)20-11-5-3-4-10(14)9(11)7-15/h3-5,19H,2,6,8H2,1H3. The summed E-state index contributed by atoms with van der Waals surface area (Å²) in [6.07, 6.45) is 0.854. The Bertz CT molecular complexity index is 650. The zero-order chi connectivity index (χ0) is 14.5. The van der Waals surface area contributed by atoms with Crippen LogP contribution in [0.25, 0.3) is 0 Å². The van der Waals surface area contributed by atoms with Crippen molar-refractivity contribution in [2.45, 2.75) is 36.5 Å². The Morgan fingerprint density at radius 2 is 2.25 bits per heavy atom. The highest BCUT2D eigenvalue weighted by atomic mass is 32.2. The zero-order valence-corrected chi connectivity index (χ0v) is 11.7. The third-order valence-corrected chi connectivity index (χ3v) is 3.72. The molecule has 0 fully saturated rings. The van der Waals surface area contributed by atoms with Gasteiger partial charge in [0.25, 0.3) is 0 Å². The number of aliphatic hydroxyl groups excluding tert-OH is 1. The molecule has 1 heterocycles. The molecule has 7 heteroatoms. The van der Waals surface area contributed by atoms with Crippen LogP contribution < -0.4 is 0 Å². The Morgan fingerprint density at radius 3 is 2.90 bits per heavy atom. The summed E-state index contributed by atoms with van der Waals surface area (Å²) in [5.74, 6) is -0.0919. The number of hydrogen-bond donors (Lipinski definition) is 1. The van der Waals surface area contributed by atoms with Crippen LogP contribution in [0, 0.1) is 17.1 Å². The van der Waals surface area contributed by atoms with Gasteiger partial charge in [0, 0.05) is 11.4 Å². The molecular weight excluding hydrogens is 279 g/mol. The first-order valence-electron chi connectivity index (χ1n) is 6.10. The maximum Gasteiger partial charge on any atom is 0.196 e. The van der Waals surface area contributed by atoms with Gasteiger partial charge in [-0.1, -0.05) is 13.0 Å². The van der Waals surface area contributed by atoms with Gasteiger partial charge in [-0.15, -0.1) is 10.2 Å². The van der Waals surface area contributed by atoms with Crippen LogP contribution in [0.15, 0.2) is 28.3 Å². The van der Waals surface area contributed by atoms with Crippen molar-refractivity contribution in [3.63, 3.8) is 0 Å². The van der Waals surface area contributed by atoms with E-state index in [2.05, 4.69) is 10.2 Å². The lowest BCUT2D eigenvalue weighted by molar-refractivity contribution is 0.263. The summed E-state index contributed by atoms with van der Waals surface area (Å²) in [6, 6.07) is 6.31. The summed E-state index contributed by atoms with van der Waals surface area (Å²) >= 11 is 1.17. The molecule has 0 saturated heterocycles. The highest BCUT2D eigenvalue weighted by molar-refractivity contribution is 7.99. The number of benzene rings is 1. The molecule has 0 saturated carbocycles. The third-order valence-electron chi connectivity index (χ3n) is 2.67. The topological polar surface area (TPSA) is 74.7 Å². The molecule has 20 heavy (non-hydrogen) atoms. The molecule has 0 aliphatic rings. The van der Waals surface area contributed by atoms with Gasteiger partial charge >= 0.3 is 0 Å². The van der Waals surface area contributed by atoms with Gasteiger partial charge in [-0.25, -0.2) is 4.39 Å². The second-order valence-corrected chi connectivity index (χ2v) is 5.04. The minimum atomic E-state index is -0.554. The van der Waals surface area contributed by atoms with Crippen LogP contribution >= 0.6 is 11.8 Å². The van der Waals surface area contributed by atoms with Crippen LogP contribution in [-0.4, -0.2) is 19.9 Å². The van der Waals surface area contributed by atoms with E-state index in [9.17, 15) is 9.50 Å². The van der Waals surface area contributed by atoms with E-state index < -0.39 is 5.82 Å². The lowest BCUT2D eigenvalue weighted by Gasteiger charge is -2.08. The summed E-state index contributed by atoms with van der Waals surface area (Å²) in [4.78, 5) is 0.488. The first-order chi connectivity index (χ1) is 9.71. The Morgan fingerprint density at radius 1 is 1.45 bits per heavy atom. The number of aromatic nitrogens is 3. The van der Waals surface area contributed by atoms with E-state index in [1.807, 2.05) is 13.0 Å². The molecule has 2 rings (SSSR count). The minimum absolute atomic E-state index is 0.00547. The largest absolute Gasteiger partial charge is 0.388 e. The summed E-state index contributed by atoms with van der Waals surface area (Å²) in [5, 5.41) is 26.7. The van der Waals surface area contributed by atoms with Crippen molar-refractivity contribution in [2.24, 2.45) is 0 Å². The fourth-order valence-corrected chi connectivity index (χ4v) is 2.73. The molecule has 0 bridgehead atoms. The SMILES string of the molecule is CCCn1c(CO)nnc1Sc1cccc(F)c1C#N. The van der Waals surface area contributed by atoms with Crippen LogP contribution in [0.1, 0.15) is 24.7 Å². The van der Waals surface area contributed by atoms with Gasteiger partial charge < -0.3 is 9.67 Å². The Labute approximate surface area is 120 Å². The molecule has 104 valence electrons. The molecule has 0 amide bonds. The molecular formula is C13H13FN4OS. The maximum absolute atomic E-state index is 13.6. The van der Waals surface area contributed by atoms with Crippen molar-refractivity contribution < 1.29 is 9.50 Å². The maximum atomic E-state index is 13.6. The number of aliphatic hydroxyl groups is 1. The number of hydrogen-bond acceptors (Lipinski definition) is 5. The third kappa shape index (κ3) is 2.81. The number of nitriles is 1. The Hall–Kier alpha value is -1.91. The lowest BCUT2D eigenvalue weighted by atomic mass is 10.2. The molecule has 1 N–H and O–H groups in total. The molecule has 0 aliphatic carbocycles. The quantitative estimate of drug-likeness (QED) is 0.915. The molecule has 0 radical (unpaired) electrons. The second-order valence-electron chi connectivity index (χ2n) is 4.04. The van der Waals surface area contributed by atoms with Crippen molar-refractivity contribution in [1.29, 1.82) is 5.26 Å². The monoisotopic (exact) mass is 292 g/mol. The van der Waals surface area contributed by atoms with Crippen molar-refractivity contribution >= 4 is 11.8 Å². The first kappa shape index (κ1) is 14.5. The smallest absolute Gasteiger partial charge is 0.196 e. The van der Waals surface area contributed by atoms with Crippen LogP contribution in [0.2, 0.25) is 0 Å². The van der Waals surface area contributed by atoms with Gasteiger partial charge in [0.2, 0.25) is 0 Å². The number of nitrogens with zero attached hydrogens (tertiary/aromatic N) is 4. The predicted molar refractivity (Wildman–Crippen MR) is 71.5 cm³/mol. The van der Waals surface area contributed by atoms with Crippen LogP contribution in [0.3, 0.4) is 0 Å². The fraction of sp³-hybridized carbons (Fsp3) is 0.308. The Balaban J connectivity index is 2.38. The highest BCUT2D eigenvalue weighted by Gasteiger charge is 2.15. The van der Waals surface area contributed by atoms with E-state index in [-0.39, 0.29) is 12.2 Å². The molecule has 2 aromatic rings. The molecule has 1 aromatic heterocycles. The first-order valence-corrected chi connectivity index (χ1v) is 6.92. The van der Waals surface area contributed by atoms with E-state index in [1.54, 1.807) is 16.7 Å². The average Bonchev–Trinajstić information content (AvgIpc) is 2.82. The van der Waals surface area contributed by atoms with E-state index >= 15 is 0 Å². The van der Waals surface area contributed by atoms with Gasteiger partial charge in [-0.05, 0) is 30.3 Å². The van der Waals surface area contributed by atoms with Crippen LogP contribution in [-0.2, 0) is 13.2 Å². The normalized spacial score (nSPS) is 10.5. The molecule has 0 aliphatic heterocycles. The zero-order valence-electron chi connectivity index (χ0n) is 10.9. The summed E-state index contributed by atoms with van der Waals surface area (Å²) in [6.45, 7) is 2.45. The minimum Gasteiger partial charge on any atom is -0.388 e. The lowest BCUT2D eigenvalue weighted by Crippen LogP contribution is -2.04. The number of rotatable bonds is 5. The van der Waals surface area contributed by atoms with E-state index in [4.69, 9.17) is 5.26 Å². The summed E-state index contributed by atoms with van der Waals surface area (Å²) in [7, 11) is 0. The predicted octanol–water partition coefficient (Wildman–Crippen LogP) is 2.34. The molecule has 1 aromatic carbocycles.